The van der Waals surface area contributed by atoms with Crippen molar-refractivity contribution in [3.8, 4) is 0 Å². The number of hydrazone groups is 1. The number of rotatable bonds is 10. The Morgan fingerprint density at radius 3 is 2.07 bits per heavy atom. The van der Waals surface area contributed by atoms with E-state index < -0.39 is 26.1 Å². The maximum atomic E-state index is 12.0. The van der Waals surface area contributed by atoms with Gasteiger partial charge < -0.3 is 29.2 Å². The molecule has 3 fully saturated rings. The molecule has 3 saturated heterocycles. The van der Waals surface area contributed by atoms with E-state index in [1.807, 2.05) is 4.90 Å². The zero-order chi connectivity index (χ0) is 29.9. The summed E-state index contributed by atoms with van der Waals surface area (Å²) in [6, 6.07) is 3.17. The van der Waals surface area contributed by atoms with E-state index in [-0.39, 0.29) is 23.9 Å². The highest BCUT2D eigenvalue weighted by Crippen LogP contribution is 2.30. The number of nitro groups is 3. The van der Waals surface area contributed by atoms with Crippen LogP contribution in [0.2, 0.25) is 0 Å². The minimum Gasteiger partial charge on any atom is -0.381 e. The van der Waals surface area contributed by atoms with Gasteiger partial charge in [0.25, 0.3) is 5.69 Å². The van der Waals surface area contributed by atoms with Gasteiger partial charge in [-0.25, -0.2) is 4.57 Å². The molecule has 5 rings (SSSR count). The fraction of sp³-hybridized carbons (Fsp3) is 0.583. The lowest BCUT2D eigenvalue weighted by Gasteiger charge is -2.27. The van der Waals surface area contributed by atoms with Crippen molar-refractivity contribution in [1.29, 1.82) is 0 Å². The third-order valence-electron chi connectivity index (χ3n) is 6.69. The largest absolute Gasteiger partial charge is 0.381 e. The molecule has 3 aliphatic heterocycles. The van der Waals surface area contributed by atoms with Gasteiger partial charge in [0.1, 0.15) is 12.2 Å². The molecule has 0 radical (unpaired) electrons. The molecule has 1 aromatic heterocycles. The number of nitrogens with one attached hydrogen (secondary N) is 1. The molecule has 42 heavy (non-hydrogen) atoms. The van der Waals surface area contributed by atoms with Gasteiger partial charge in [-0.1, -0.05) is 0 Å². The number of non-ortho nitro benzene ring substituents is 1. The van der Waals surface area contributed by atoms with Gasteiger partial charge >= 0.3 is 11.5 Å². The summed E-state index contributed by atoms with van der Waals surface area (Å²) in [5.74, 6) is 0.0379. The van der Waals surface area contributed by atoms with E-state index in [9.17, 15) is 30.3 Å². The number of anilines is 2. The second-order valence-electron chi connectivity index (χ2n) is 9.59. The molecular formula is C24H33N9O9. The highest BCUT2D eigenvalue weighted by Gasteiger charge is 2.29. The molecule has 0 saturated carbocycles. The molecule has 3 aliphatic rings. The van der Waals surface area contributed by atoms with Gasteiger partial charge in [-0.15, -0.1) is 0 Å². The van der Waals surface area contributed by atoms with Gasteiger partial charge in [-0.05, 0) is 23.8 Å². The molecule has 0 spiro atoms. The summed E-state index contributed by atoms with van der Waals surface area (Å²) in [7, 11) is 0. The molecule has 228 valence electrons. The zero-order valence-electron chi connectivity index (χ0n) is 23.0. The predicted molar refractivity (Wildman–Crippen MR) is 150 cm³/mol. The number of morpholine rings is 2. The Hall–Kier alpha value is -4.26. The maximum Gasteiger partial charge on any atom is 0.367 e. The van der Waals surface area contributed by atoms with Crippen LogP contribution in [0.15, 0.2) is 29.6 Å². The molecule has 18 heteroatoms. The second-order valence-corrected chi connectivity index (χ2v) is 9.59. The minimum atomic E-state index is -0.748. The van der Waals surface area contributed by atoms with Gasteiger partial charge in [-0.2, -0.15) is 10.1 Å². The summed E-state index contributed by atoms with van der Waals surface area (Å²) < 4.78 is 17.0. The first-order valence-corrected chi connectivity index (χ1v) is 13.5. The Kier molecular flexibility index (Phi) is 11.0. The Labute approximate surface area is 240 Å². The van der Waals surface area contributed by atoms with Crippen LogP contribution in [0, 0.1) is 30.3 Å². The van der Waals surface area contributed by atoms with E-state index >= 15 is 0 Å². The molecule has 0 amide bonds. The van der Waals surface area contributed by atoms with Crippen LogP contribution in [-0.4, -0.2) is 107 Å². The molecule has 4 heterocycles. The van der Waals surface area contributed by atoms with Crippen molar-refractivity contribution in [3.63, 3.8) is 0 Å². The fourth-order valence-electron chi connectivity index (χ4n) is 4.53. The first kappa shape index (κ1) is 30.7. The van der Waals surface area contributed by atoms with Crippen LogP contribution in [-0.2, 0) is 20.8 Å². The molecule has 0 bridgehead atoms. The van der Waals surface area contributed by atoms with Crippen molar-refractivity contribution in [3.05, 3.63) is 54.9 Å². The van der Waals surface area contributed by atoms with E-state index in [0.717, 1.165) is 25.3 Å². The second kappa shape index (κ2) is 15.1. The molecule has 0 unspecified atom stereocenters. The molecule has 1 aromatic carbocycles. The Bertz CT molecular complexity index is 1260. The zero-order valence-corrected chi connectivity index (χ0v) is 23.0. The van der Waals surface area contributed by atoms with Crippen LogP contribution in [0.1, 0.15) is 12.8 Å². The normalized spacial score (nSPS) is 17.8. The smallest absolute Gasteiger partial charge is 0.367 e. The lowest BCUT2D eigenvalue weighted by molar-refractivity contribution is -0.393. The Morgan fingerprint density at radius 1 is 0.857 bits per heavy atom. The van der Waals surface area contributed by atoms with Crippen molar-refractivity contribution in [2.45, 2.75) is 19.4 Å². The van der Waals surface area contributed by atoms with Crippen molar-refractivity contribution in [2.75, 3.05) is 82.7 Å². The van der Waals surface area contributed by atoms with Gasteiger partial charge in [0, 0.05) is 52.0 Å². The summed E-state index contributed by atoms with van der Waals surface area (Å²) >= 11 is 0. The number of benzene rings is 1. The van der Waals surface area contributed by atoms with Crippen LogP contribution < -0.4 is 10.3 Å². The number of hydrogen-bond acceptors (Lipinski definition) is 14. The quantitative estimate of drug-likeness (QED) is 0.239. The van der Waals surface area contributed by atoms with E-state index in [4.69, 9.17) is 14.2 Å². The van der Waals surface area contributed by atoms with Gasteiger partial charge in [0.15, 0.2) is 6.33 Å². The highest BCUT2D eigenvalue weighted by atomic mass is 16.6. The number of nitro benzene ring substituents is 2. The monoisotopic (exact) mass is 591 g/mol. The average Bonchev–Trinajstić information content (AvgIpc) is 3.71. The molecule has 18 nitrogen and oxygen atoms in total. The summed E-state index contributed by atoms with van der Waals surface area (Å²) in [5.41, 5.74) is 2.05. The van der Waals surface area contributed by atoms with E-state index in [0.29, 0.717) is 64.9 Å². The summed E-state index contributed by atoms with van der Waals surface area (Å²) in [6.07, 6.45) is 3.92. The first-order chi connectivity index (χ1) is 20.3. The van der Waals surface area contributed by atoms with Crippen LogP contribution >= 0.6 is 0 Å². The van der Waals surface area contributed by atoms with Gasteiger partial charge in [0.2, 0.25) is 5.82 Å². The Morgan fingerprint density at radius 2 is 1.50 bits per heavy atom. The van der Waals surface area contributed by atoms with Crippen LogP contribution in [0.3, 0.4) is 0 Å². The third-order valence-corrected chi connectivity index (χ3v) is 6.69. The van der Waals surface area contributed by atoms with Crippen molar-refractivity contribution in [1.82, 2.24) is 14.5 Å². The predicted octanol–water partition coefficient (Wildman–Crippen LogP) is 2.04. The van der Waals surface area contributed by atoms with Crippen molar-refractivity contribution >= 4 is 34.4 Å². The van der Waals surface area contributed by atoms with Crippen molar-refractivity contribution in [2.24, 2.45) is 5.10 Å². The van der Waals surface area contributed by atoms with Gasteiger partial charge in [-0.3, -0.25) is 30.6 Å². The number of aromatic nitrogens is 2. The molecule has 2 aromatic rings. The maximum absolute atomic E-state index is 12.0. The Balaban J connectivity index is 0.000000732. The number of hydrogen-bond donors (Lipinski definition) is 1. The number of nitrogens with zero attached hydrogens (tertiary/aromatic N) is 8. The standard InChI is InChI=1S/C20H25N9O8.C4H8O/c30-27(31)16-1-2-17(18(11-16)28(32)33)23-22-15(12-24-3-7-36-8-4-24)13-26-14-21-19(20(26)29(34)35)25-5-9-37-10-6-25;1-2-4-5-3-1/h1-2,11,14,23H,3-10,12-13H2;1-4H2/b22-15+;. The lowest BCUT2D eigenvalue weighted by Crippen LogP contribution is -2.40. The van der Waals surface area contributed by atoms with Crippen LogP contribution in [0.25, 0.3) is 0 Å². The average molecular weight is 592 g/mol. The van der Waals surface area contributed by atoms with E-state index in [1.165, 1.54) is 29.8 Å². The number of ether oxygens (including phenoxy) is 3. The fourth-order valence-corrected chi connectivity index (χ4v) is 4.53. The SMILES string of the molecule is C1CCOC1.O=[N+]([O-])c1ccc(N/N=C(\CN2CCOCC2)Cn2cnc(N3CCOCC3)c2[N+](=O)[O-])c([N+](=O)[O-])c1. The topological polar surface area (TPSA) is 206 Å². The highest BCUT2D eigenvalue weighted by molar-refractivity contribution is 5.87. The molecule has 1 N–H and O–H groups in total. The van der Waals surface area contributed by atoms with E-state index in [1.54, 1.807) is 4.90 Å². The first-order valence-electron chi connectivity index (χ1n) is 13.5. The third kappa shape index (κ3) is 8.38. The van der Waals surface area contributed by atoms with Crippen LogP contribution in [0.4, 0.5) is 28.7 Å². The number of imidazole rings is 1. The summed E-state index contributed by atoms with van der Waals surface area (Å²) in [4.78, 5) is 40.6. The van der Waals surface area contributed by atoms with Crippen LogP contribution in [0.5, 0.6) is 0 Å². The molecule has 0 aliphatic carbocycles. The van der Waals surface area contributed by atoms with Gasteiger partial charge in [0.05, 0.1) is 48.1 Å². The van der Waals surface area contributed by atoms with Crippen molar-refractivity contribution < 1.29 is 29.0 Å². The minimum absolute atomic E-state index is 0.0151. The van der Waals surface area contributed by atoms with E-state index in [2.05, 4.69) is 15.5 Å². The molecule has 0 atom stereocenters. The summed E-state index contributed by atoms with van der Waals surface area (Å²) in [5, 5.41) is 38.8. The lowest BCUT2D eigenvalue weighted by atomic mass is 10.2. The summed E-state index contributed by atoms with van der Waals surface area (Å²) in [6.45, 7) is 6.36. The molecular weight excluding hydrogens is 558 g/mol.